The summed E-state index contributed by atoms with van der Waals surface area (Å²) in [5, 5.41) is 13.5. The highest BCUT2D eigenvalue weighted by atomic mass is 35.5. The molecule has 0 aliphatic rings. The van der Waals surface area contributed by atoms with Crippen LogP contribution < -0.4 is 5.32 Å². The molecular weight excluding hydrogens is 463 g/mol. The Morgan fingerprint density at radius 2 is 1.53 bits per heavy atom. The van der Waals surface area contributed by atoms with Gasteiger partial charge in [-0.3, -0.25) is 9.36 Å². The van der Waals surface area contributed by atoms with Gasteiger partial charge in [-0.15, -0.1) is 10.2 Å². The Morgan fingerprint density at radius 3 is 2.16 bits per heavy atom. The maximum atomic E-state index is 12.5. The van der Waals surface area contributed by atoms with Gasteiger partial charge in [0.25, 0.3) is 0 Å². The number of carbonyl (C=O) groups excluding carboxylic acids is 1. The molecule has 1 heterocycles. The number of amides is 1. The van der Waals surface area contributed by atoms with E-state index in [2.05, 4.69) is 22.4 Å². The van der Waals surface area contributed by atoms with Crippen molar-refractivity contribution in [1.29, 1.82) is 0 Å². The summed E-state index contributed by atoms with van der Waals surface area (Å²) in [6, 6.07) is 22.6. The number of halogens is 2. The Bertz CT molecular complexity index is 1210. The van der Waals surface area contributed by atoms with Crippen molar-refractivity contribution in [2.24, 2.45) is 0 Å². The maximum absolute atomic E-state index is 12.5. The molecule has 1 aromatic heterocycles. The molecule has 8 heteroatoms. The number of nitrogens with one attached hydrogen (secondary N) is 1. The van der Waals surface area contributed by atoms with E-state index in [1.54, 1.807) is 0 Å². The number of carbonyl (C=O) groups is 1. The van der Waals surface area contributed by atoms with Crippen molar-refractivity contribution in [3.05, 3.63) is 88.4 Å². The standard InChI is InChI=1S/C24H20Cl2N4OS/c1-2-16-3-11-20(12-4-16)27-22(31)15-32-24-29-28-23(17-5-7-18(25)8-6-17)30(24)21-13-9-19(26)10-14-21/h3-14H,2,15H2,1H3,(H,27,31). The lowest BCUT2D eigenvalue weighted by Gasteiger charge is -2.11. The van der Waals surface area contributed by atoms with E-state index in [9.17, 15) is 4.79 Å². The Hall–Kier alpha value is -2.80. The van der Waals surface area contributed by atoms with Crippen LogP contribution in [0.5, 0.6) is 0 Å². The van der Waals surface area contributed by atoms with E-state index < -0.39 is 0 Å². The van der Waals surface area contributed by atoms with Crippen molar-refractivity contribution >= 4 is 46.6 Å². The Morgan fingerprint density at radius 1 is 0.906 bits per heavy atom. The summed E-state index contributed by atoms with van der Waals surface area (Å²) in [4.78, 5) is 12.5. The molecule has 3 aromatic carbocycles. The lowest BCUT2D eigenvalue weighted by molar-refractivity contribution is -0.113. The number of aryl methyl sites for hydroxylation is 1. The van der Waals surface area contributed by atoms with Gasteiger partial charge in [-0.25, -0.2) is 0 Å². The first kappa shape index (κ1) is 22.4. The van der Waals surface area contributed by atoms with Crippen LogP contribution in [0.1, 0.15) is 12.5 Å². The predicted octanol–water partition coefficient (Wildman–Crippen LogP) is 6.53. The number of benzene rings is 3. The van der Waals surface area contributed by atoms with Crippen molar-refractivity contribution in [2.45, 2.75) is 18.5 Å². The Labute approximate surface area is 200 Å². The van der Waals surface area contributed by atoms with Crippen LogP contribution in [0.25, 0.3) is 17.1 Å². The molecule has 0 aliphatic carbocycles. The first-order valence-electron chi connectivity index (χ1n) is 10.0. The highest BCUT2D eigenvalue weighted by Gasteiger charge is 2.17. The first-order valence-corrected chi connectivity index (χ1v) is 11.8. The molecule has 1 N–H and O–H groups in total. The van der Waals surface area contributed by atoms with Crippen LogP contribution in [0.2, 0.25) is 10.0 Å². The smallest absolute Gasteiger partial charge is 0.234 e. The van der Waals surface area contributed by atoms with Crippen LogP contribution in [0, 0.1) is 0 Å². The van der Waals surface area contributed by atoms with Gasteiger partial charge in [-0.05, 0) is 72.6 Å². The lowest BCUT2D eigenvalue weighted by Crippen LogP contribution is -2.14. The largest absolute Gasteiger partial charge is 0.325 e. The van der Waals surface area contributed by atoms with Crippen molar-refractivity contribution in [3.63, 3.8) is 0 Å². The maximum Gasteiger partial charge on any atom is 0.234 e. The molecule has 4 rings (SSSR count). The number of hydrogen-bond donors (Lipinski definition) is 1. The van der Waals surface area contributed by atoms with Crippen LogP contribution in [0.4, 0.5) is 5.69 Å². The molecular formula is C24H20Cl2N4OS. The molecule has 0 spiro atoms. The average Bonchev–Trinajstić information content (AvgIpc) is 3.23. The van der Waals surface area contributed by atoms with Crippen molar-refractivity contribution in [3.8, 4) is 17.1 Å². The number of aromatic nitrogens is 3. The van der Waals surface area contributed by atoms with Crippen LogP contribution >= 0.6 is 35.0 Å². The SMILES string of the molecule is CCc1ccc(NC(=O)CSc2nnc(-c3ccc(Cl)cc3)n2-c2ccc(Cl)cc2)cc1. The third kappa shape index (κ3) is 5.33. The average molecular weight is 483 g/mol. The van der Waals surface area contributed by atoms with Crippen LogP contribution in [0.15, 0.2) is 78.0 Å². The monoisotopic (exact) mass is 482 g/mol. The van der Waals surface area contributed by atoms with Gasteiger partial charge in [0.1, 0.15) is 0 Å². The first-order chi connectivity index (χ1) is 15.5. The van der Waals surface area contributed by atoms with E-state index in [1.165, 1.54) is 17.3 Å². The van der Waals surface area contributed by atoms with E-state index in [-0.39, 0.29) is 11.7 Å². The van der Waals surface area contributed by atoms with Gasteiger partial charge < -0.3 is 5.32 Å². The summed E-state index contributed by atoms with van der Waals surface area (Å²) in [6.45, 7) is 2.10. The minimum atomic E-state index is -0.113. The van der Waals surface area contributed by atoms with E-state index >= 15 is 0 Å². The topological polar surface area (TPSA) is 59.8 Å². The molecule has 0 saturated heterocycles. The van der Waals surface area contributed by atoms with Crippen LogP contribution in [-0.2, 0) is 11.2 Å². The molecule has 1 amide bonds. The number of rotatable bonds is 7. The zero-order chi connectivity index (χ0) is 22.5. The molecule has 162 valence electrons. The minimum Gasteiger partial charge on any atom is -0.325 e. The zero-order valence-corrected chi connectivity index (χ0v) is 19.6. The second-order valence-electron chi connectivity index (χ2n) is 7.01. The second kappa shape index (κ2) is 10.2. The van der Waals surface area contributed by atoms with Crippen molar-refractivity contribution < 1.29 is 4.79 Å². The van der Waals surface area contributed by atoms with E-state index in [0.717, 1.165) is 23.4 Å². The highest BCUT2D eigenvalue weighted by Crippen LogP contribution is 2.29. The van der Waals surface area contributed by atoms with Gasteiger partial charge in [0.15, 0.2) is 11.0 Å². The quantitative estimate of drug-likeness (QED) is 0.304. The predicted molar refractivity (Wildman–Crippen MR) is 132 cm³/mol. The molecule has 0 unspecified atom stereocenters. The molecule has 0 aliphatic heterocycles. The van der Waals surface area contributed by atoms with Gasteiger partial charge in [0.05, 0.1) is 5.75 Å². The molecule has 5 nitrogen and oxygen atoms in total. The van der Waals surface area contributed by atoms with Crippen molar-refractivity contribution in [2.75, 3.05) is 11.1 Å². The molecule has 0 fully saturated rings. The number of hydrogen-bond acceptors (Lipinski definition) is 4. The van der Waals surface area contributed by atoms with Gasteiger partial charge >= 0.3 is 0 Å². The van der Waals surface area contributed by atoms with Gasteiger partial charge in [0.2, 0.25) is 5.91 Å². The summed E-state index contributed by atoms with van der Waals surface area (Å²) in [5.41, 5.74) is 3.71. The molecule has 0 atom stereocenters. The minimum absolute atomic E-state index is 0.113. The number of nitrogens with zero attached hydrogens (tertiary/aromatic N) is 3. The fourth-order valence-corrected chi connectivity index (χ4v) is 4.13. The van der Waals surface area contributed by atoms with E-state index in [1.807, 2.05) is 77.4 Å². The molecule has 32 heavy (non-hydrogen) atoms. The summed E-state index contributed by atoms with van der Waals surface area (Å²) >= 11 is 13.4. The highest BCUT2D eigenvalue weighted by molar-refractivity contribution is 7.99. The van der Waals surface area contributed by atoms with E-state index in [0.29, 0.717) is 21.0 Å². The second-order valence-corrected chi connectivity index (χ2v) is 8.83. The van der Waals surface area contributed by atoms with E-state index in [4.69, 9.17) is 23.2 Å². The normalized spacial score (nSPS) is 10.8. The third-order valence-corrected chi connectivity index (χ3v) is 6.23. The van der Waals surface area contributed by atoms with Crippen LogP contribution in [-0.4, -0.2) is 26.4 Å². The van der Waals surface area contributed by atoms with Gasteiger partial charge in [-0.2, -0.15) is 0 Å². The summed E-state index contributed by atoms with van der Waals surface area (Å²) in [6.07, 6.45) is 0.959. The molecule has 4 aromatic rings. The van der Waals surface area contributed by atoms with Gasteiger partial charge in [0, 0.05) is 27.0 Å². The summed E-state index contributed by atoms with van der Waals surface area (Å²) in [7, 11) is 0. The Balaban J connectivity index is 1.56. The fraction of sp³-hybridized carbons (Fsp3) is 0.125. The van der Waals surface area contributed by atoms with Crippen molar-refractivity contribution in [1.82, 2.24) is 14.8 Å². The number of anilines is 1. The zero-order valence-electron chi connectivity index (χ0n) is 17.3. The Kier molecular flexibility index (Phi) is 7.15. The molecule has 0 radical (unpaired) electrons. The van der Waals surface area contributed by atoms with Crippen LogP contribution in [0.3, 0.4) is 0 Å². The lowest BCUT2D eigenvalue weighted by atomic mass is 10.1. The molecule has 0 bridgehead atoms. The summed E-state index contributed by atoms with van der Waals surface area (Å²) < 4.78 is 1.91. The van der Waals surface area contributed by atoms with Gasteiger partial charge in [-0.1, -0.05) is 54.0 Å². The number of thioether (sulfide) groups is 1. The fourth-order valence-electron chi connectivity index (χ4n) is 3.12. The molecule has 0 saturated carbocycles. The third-order valence-electron chi connectivity index (χ3n) is 4.80. The summed E-state index contributed by atoms with van der Waals surface area (Å²) in [5.74, 6) is 0.738.